The molecular formula is C16H25F3N2O3. The van der Waals surface area contributed by atoms with Crippen LogP contribution in [0.2, 0.25) is 0 Å². The molecule has 0 aromatic heterocycles. The van der Waals surface area contributed by atoms with Gasteiger partial charge in [0, 0.05) is 5.71 Å². The predicted octanol–water partition coefficient (Wildman–Crippen LogP) is 3.92. The van der Waals surface area contributed by atoms with Gasteiger partial charge in [0.25, 0.3) is 5.72 Å². The van der Waals surface area contributed by atoms with E-state index in [4.69, 9.17) is 0 Å². The Hall–Kier alpha value is -1.31. The average Bonchev–Trinajstić information content (AvgIpc) is 2.81. The summed E-state index contributed by atoms with van der Waals surface area (Å²) in [5.41, 5.74) is -3.25. The maximum absolute atomic E-state index is 13.7. The van der Waals surface area contributed by atoms with Crippen LogP contribution in [0.4, 0.5) is 18.0 Å². The SMILES string of the molecule is CCOC(=O)N1N=C2CC[C@H](C(C)(C)CC)C[C@@H]2[C@]1(O)C(F)(F)F. The molecule has 0 aromatic rings. The van der Waals surface area contributed by atoms with Crippen LogP contribution in [0.15, 0.2) is 5.10 Å². The van der Waals surface area contributed by atoms with Crippen LogP contribution in [0, 0.1) is 17.3 Å². The Labute approximate surface area is 139 Å². The fourth-order valence-electron chi connectivity index (χ4n) is 3.58. The molecule has 1 heterocycles. The van der Waals surface area contributed by atoms with Crippen molar-refractivity contribution in [2.24, 2.45) is 22.4 Å². The lowest BCUT2D eigenvalue weighted by Crippen LogP contribution is -2.62. The first-order valence-corrected chi connectivity index (χ1v) is 8.32. The van der Waals surface area contributed by atoms with Crippen LogP contribution in [0.3, 0.4) is 0 Å². The molecule has 5 nitrogen and oxygen atoms in total. The van der Waals surface area contributed by atoms with Gasteiger partial charge in [-0.1, -0.05) is 27.2 Å². The third-order valence-electron chi connectivity index (χ3n) is 5.58. The van der Waals surface area contributed by atoms with Gasteiger partial charge in [-0.05, 0) is 37.5 Å². The number of hydrogen-bond donors (Lipinski definition) is 1. The molecule has 0 saturated heterocycles. The van der Waals surface area contributed by atoms with Crippen LogP contribution in [0.25, 0.3) is 0 Å². The molecule has 8 heteroatoms. The van der Waals surface area contributed by atoms with Crippen molar-refractivity contribution in [3.8, 4) is 0 Å². The minimum Gasteiger partial charge on any atom is -0.448 e. The lowest BCUT2D eigenvalue weighted by atomic mass is 9.64. The molecule has 1 fully saturated rings. The van der Waals surface area contributed by atoms with Crippen molar-refractivity contribution in [3.05, 3.63) is 0 Å². The zero-order valence-corrected chi connectivity index (χ0v) is 14.5. The van der Waals surface area contributed by atoms with Crippen LogP contribution in [0.5, 0.6) is 0 Å². The largest absolute Gasteiger partial charge is 0.448 e. The third-order valence-corrected chi connectivity index (χ3v) is 5.58. The number of amides is 1. The van der Waals surface area contributed by atoms with Gasteiger partial charge in [-0.25, -0.2) is 4.79 Å². The van der Waals surface area contributed by atoms with Crippen molar-refractivity contribution < 1.29 is 27.8 Å². The van der Waals surface area contributed by atoms with E-state index >= 15 is 0 Å². The maximum Gasteiger partial charge on any atom is 0.439 e. The molecule has 0 unspecified atom stereocenters. The number of hydrazone groups is 1. The number of ether oxygens (including phenoxy) is 1. The fraction of sp³-hybridized carbons (Fsp3) is 0.875. The second kappa shape index (κ2) is 6.20. The molecule has 1 amide bonds. The van der Waals surface area contributed by atoms with Gasteiger partial charge >= 0.3 is 12.3 Å². The summed E-state index contributed by atoms with van der Waals surface area (Å²) in [7, 11) is 0. The number of halogens is 3. The van der Waals surface area contributed by atoms with Gasteiger partial charge in [0.2, 0.25) is 0 Å². The zero-order valence-electron chi connectivity index (χ0n) is 14.5. The van der Waals surface area contributed by atoms with Crippen LogP contribution in [-0.2, 0) is 4.74 Å². The molecule has 24 heavy (non-hydrogen) atoms. The summed E-state index contributed by atoms with van der Waals surface area (Å²) in [4.78, 5) is 11.9. The quantitative estimate of drug-likeness (QED) is 0.839. The van der Waals surface area contributed by atoms with Crippen LogP contribution >= 0.6 is 0 Å². The first kappa shape index (κ1) is 19.0. The molecule has 1 aliphatic carbocycles. The molecule has 0 aromatic carbocycles. The van der Waals surface area contributed by atoms with E-state index in [1.54, 1.807) is 0 Å². The number of rotatable bonds is 3. The van der Waals surface area contributed by atoms with Gasteiger partial charge in [0.1, 0.15) is 0 Å². The smallest absolute Gasteiger partial charge is 0.439 e. The van der Waals surface area contributed by atoms with Crippen molar-refractivity contribution in [1.82, 2.24) is 5.01 Å². The highest BCUT2D eigenvalue weighted by atomic mass is 19.4. The molecule has 0 bridgehead atoms. The van der Waals surface area contributed by atoms with Crippen molar-refractivity contribution in [1.29, 1.82) is 0 Å². The second-order valence-corrected chi connectivity index (χ2v) is 7.19. The van der Waals surface area contributed by atoms with Gasteiger partial charge in [-0.2, -0.15) is 23.3 Å². The summed E-state index contributed by atoms with van der Waals surface area (Å²) >= 11 is 0. The highest BCUT2D eigenvalue weighted by Crippen LogP contribution is 2.52. The first-order valence-electron chi connectivity index (χ1n) is 8.32. The van der Waals surface area contributed by atoms with E-state index < -0.39 is 23.9 Å². The summed E-state index contributed by atoms with van der Waals surface area (Å²) in [6.45, 7) is 7.43. The van der Waals surface area contributed by atoms with Crippen LogP contribution in [-0.4, -0.2) is 40.4 Å². The molecule has 1 aliphatic heterocycles. The van der Waals surface area contributed by atoms with Gasteiger partial charge < -0.3 is 9.84 Å². The zero-order chi connectivity index (χ0) is 18.3. The Morgan fingerprint density at radius 3 is 2.54 bits per heavy atom. The molecule has 1 N–H and O–H groups in total. The summed E-state index contributed by atoms with van der Waals surface area (Å²) in [6, 6.07) is 0. The number of alkyl halides is 3. The molecule has 138 valence electrons. The molecule has 0 radical (unpaired) electrons. The van der Waals surface area contributed by atoms with Crippen molar-refractivity contribution in [2.45, 2.75) is 65.3 Å². The van der Waals surface area contributed by atoms with E-state index in [0.717, 1.165) is 6.42 Å². The predicted molar refractivity (Wildman–Crippen MR) is 82.2 cm³/mol. The van der Waals surface area contributed by atoms with E-state index in [1.165, 1.54) is 6.92 Å². The van der Waals surface area contributed by atoms with E-state index in [1.807, 2.05) is 20.8 Å². The molecule has 0 spiro atoms. The number of nitrogens with zero attached hydrogens (tertiary/aromatic N) is 2. The summed E-state index contributed by atoms with van der Waals surface area (Å²) in [5, 5.41) is 14.4. The third kappa shape index (κ3) is 2.89. The second-order valence-electron chi connectivity index (χ2n) is 7.19. The van der Waals surface area contributed by atoms with Crippen molar-refractivity contribution >= 4 is 11.8 Å². The van der Waals surface area contributed by atoms with E-state index in [0.29, 0.717) is 12.8 Å². The maximum atomic E-state index is 13.7. The first-order chi connectivity index (χ1) is 11.0. The summed E-state index contributed by atoms with van der Waals surface area (Å²) in [5.74, 6) is -1.23. The standard InChI is InChI=1S/C16H25F3N2O3/c1-5-14(3,4)10-7-8-12-11(9-10)15(23,16(17,18)19)21(20-12)13(22)24-6-2/h10-11,23H,5-9H2,1-4H3/t10-,11-,15-/m0/s1. The monoisotopic (exact) mass is 350 g/mol. The van der Waals surface area contributed by atoms with E-state index in [-0.39, 0.29) is 35.1 Å². The number of aliphatic hydroxyl groups is 1. The highest BCUT2D eigenvalue weighted by Gasteiger charge is 2.69. The van der Waals surface area contributed by atoms with Crippen molar-refractivity contribution in [3.63, 3.8) is 0 Å². The Morgan fingerprint density at radius 1 is 1.42 bits per heavy atom. The minimum absolute atomic E-state index is 0.0162. The van der Waals surface area contributed by atoms with Gasteiger partial charge in [-0.15, -0.1) is 0 Å². The topological polar surface area (TPSA) is 62.1 Å². The number of fused-ring (bicyclic) bond motifs is 1. The Morgan fingerprint density at radius 2 is 2.04 bits per heavy atom. The Balaban J connectivity index is 2.38. The number of hydrogen-bond acceptors (Lipinski definition) is 4. The average molecular weight is 350 g/mol. The minimum atomic E-state index is -5.02. The van der Waals surface area contributed by atoms with Crippen molar-refractivity contribution in [2.75, 3.05) is 6.61 Å². The highest BCUT2D eigenvalue weighted by molar-refractivity contribution is 5.92. The molecule has 2 aliphatic rings. The van der Waals surface area contributed by atoms with Gasteiger partial charge in [0.15, 0.2) is 0 Å². The number of carbonyl (C=O) groups excluding carboxylic acids is 1. The lowest BCUT2D eigenvalue weighted by molar-refractivity contribution is -0.316. The van der Waals surface area contributed by atoms with E-state index in [9.17, 15) is 23.1 Å². The lowest BCUT2D eigenvalue weighted by Gasteiger charge is -2.43. The summed E-state index contributed by atoms with van der Waals surface area (Å²) in [6.07, 6.45) is -4.29. The molecule has 1 saturated carbocycles. The number of carbonyl (C=O) groups is 1. The Bertz CT molecular complexity index is 533. The summed E-state index contributed by atoms with van der Waals surface area (Å²) < 4.78 is 45.8. The van der Waals surface area contributed by atoms with Crippen LogP contribution in [0.1, 0.15) is 53.4 Å². The van der Waals surface area contributed by atoms with Crippen LogP contribution < -0.4 is 0 Å². The molecular weight excluding hydrogens is 325 g/mol. The fourth-order valence-corrected chi connectivity index (χ4v) is 3.58. The van der Waals surface area contributed by atoms with Gasteiger partial charge in [-0.3, -0.25) is 0 Å². The van der Waals surface area contributed by atoms with Gasteiger partial charge in [0.05, 0.1) is 12.5 Å². The molecule has 3 atom stereocenters. The molecule has 2 rings (SSSR count). The van der Waals surface area contributed by atoms with E-state index in [2.05, 4.69) is 9.84 Å². The normalized spacial score (nSPS) is 30.8. The Kier molecular flexibility index (Phi) is 4.92.